The predicted octanol–water partition coefficient (Wildman–Crippen LogP) is 6.19. The van der Waals surface area contributed by atoms with Gasteiger partial charge in [-0.1, -0.05) is 28.1 Å². The highest BCUT2D eigenvalue weighted by Gasteiger charge is 2.31. The van der Waals surface area contributed by atoms with E-state index >= 15 is 0 Å². The molecule has 0 bridgehead atoms. The fourth-order valence-electron chi connectivity index (χ4n) is 2.60. The van der Waals surface area contributed by atoms with E-state index in [1.807, 2.05) is 18.2 Å². The molecule has 0 N–H and O–H groups in total. The molecule has 0 aliphatic carbocycles. The van der Waals surface area contributed by atoms with E-state index in [2.05, 4.69) is 38.5 Å². The second kappa shape index (κ2) is 6.05. The number of hydrogen-bond donors (Lipinski definition) is 0. The van der Waals surface area contributed by atoms with Crippen LogP contribution in [0.25, 0.3) is 21.5 Å². The van der Waals surface area contributed by atoms with Crippen molar-refractivity contribution in [1.29, 1.82) is 0 Å². The Kier molecular flexibility index (Phi) is 4.39. The molecule has 0 spiro atoms. The zero-order chi connectivity index (χ0) is 16.8. The van der Waals surface area contributed by atoms with Crippen LogP contribution in [0.1, 0.15) is 15.9 Å². The van der Waals surface area contributed by atoms with Crippen LogP contribution in [0, 0.1) is 3.57 Å². The summed E-state index contributed by atoms with van der Waals surface area (Å²) in [5.41, 5.74) is -0.284. The standard InChI is InChI=1S/C17H9BrF3IO/c18-8-16(23)15-5-9-1-3-11(22)7-13(9)14-6-10(17(19,20)21)2-4-12(14)15/h1-7H,8H2. The molecule has 0 aliphatic rings. The van der Waals surface area contributed by atoms with E-state index in [0.29, 0.717) is 21.7 Å². The van der Waals surface area contributed by atoms with E-state index in [-0.39, 0.29) is 11.1 Å². The largest absolute Gasteiger partial charge is 0.416 e. The summed E-state index contributed by atoms with van der Waals surface area (Å²) in [5, 5.41) is 2.57. The molecule has 0 aliphatic heterocycles. The molecule has 3 aromatic rings. The summed E-state index contributed by atoms with van der Waals surface area (Å²) in [6.07, 6.45) is -4.42. The number of benzene rings is 3. The lowest BCUT2D eigenvalue weighted by Crippen LogP contribution is -2.06. The second-order valence-electron chi connectivity index (χ2n) is 5.10. The van der Waals surface area contributed by atoms with Crippen LogP contribution in [0.3, 0.4) is 0 Å². The average Bonchev–Trinajstić information content (AvgIpc) is 2.52. The first-order valence-electron chi connectivity index (χ1n) is 6.63. The molecule has 0 aromatic heterocycles. The number of alkyl halides is 4. The maximum atomic E-state index is 13.0. The van der Waals surface area contributed by atoms with Crippen LogP contribution in [0.5, 0.6) is 0 Å². The Morgan fingerprint density at radius 1 is 1.00 bits per heavy atom. The van der Waals surface area contributed by atoms with Crippen molar-refractivity contribution in [2.45, 2.75) is 6.18 Å². The van der Waals surface area contributed by atoms with Gasteiger partial charge >= 0.3 is 6.18 Å². The first-order valence-corrected chi connectivity index (χ1v) is 8.83. The lowest BCUT2D eigenvalue weighted by atomic mass is 9.94. The van der Waals surface area contributed by atoms with Crippen molar-refractivity contribution in [3.8, 4) is 0 Å². The minimum Gasteiger partial charge on any atom is -0.293 e. The Balaban J connectivity index is 2.47. The van der Waals surface area contributed by atoms with Gasteiger partial charge < -0.3 is 0 Å². The minimum atomic E-state index is -4.42. The highest BCUT2D eigenvalue weighted by atomic mass is 127. The smallest absolute Gasteiger partial charge is 0.293 e. The van der Waals surface area contributed by atoms with Crippen LogP contribution in [-0.2, 0) is 6.18 Å². The lowest BCUT2D eigenvalue weighted by molar-refractivity contribution is -0.137. The zero-order valence-corrected chi connectivity index (χ0v) is 15.3. The molecule has 0 fully saturated rings. The van der Waals surface area contributed by atoms with E-state index in [9.17, 15) is 18.0 Å². The van der Waals surface area contributed by atoms with Gasteiger partial charge in [0.1, 0.15) is 0 Å². The topological polar surface area (TPSA) is 17.1 Å². The third-order valence-electron chi connectivity index (χ3n) is 3.66. The maximum absolute atomic E-state index is 13.0. The van der Waals surface area contributed by atoms with Gasteiger partial charge in [-0.3, -0.25) is 4.79 Å². The first kappa shape index (κ1) is 16.7. The van der Waals surface area contributed by atoms with Crippen LogP contribution < -0.4 is 0 Å². The van der Waals surface area contributed by atoms with Gasteiger partial charge in [-0.25, -0.2) is 0 Å². The normalized spacial score (nSPS) is 12.0. The molecule has 0 saturated carbocycles. The van der Waals surface area contributed by atoms with Crippen LogP contribution in [-0.4, -0.2) is 11.1 Å². The SMILES string of the molecule is O=C(CBr)c1cc2ccc(I)cc2c2cc(C(F)(F)F)ccc12. The highest BCUT2D eigenvalue weighted by molar-refractivity contribution is 14.1. The van der Waals surface area contributed by atoms with Crippen molar-refractivity contribution >= 4 is 65.8 Å². The molecule has 118 valence electrons. The van der Waals surface area contributed by atoms with E-state index in [0.717, 1.165) is 21.1 Å². The Morgan fingerprint density at radius 3 is 2.39 bits per heavy atom. The number of ketones is 1. The van der Waals surface area contributed by atoms with Gasteiger partial charge in [0.25, 0.3) is 0 Å². The number of Topliss-reactive ketones (excluding diaryl/α,β-unsaturated/α-hetero) is 1. The van der Waals surface area contributed by atoms with Gasteiger partial charge in [-0.2, -0.15) is 13.2 Å². The Labute approximate surface area is 152 Å². The van der Waals surface area contributed by atoms with Crippen molar-refractivity contribution in [3.05, 3.63) is 57.2 Å². The molecule has 6 heteroatoms. The van der Waals surface area contributed by atoms with Gasteiger partial charge in [-0.15, -0.1) is 0 Å². The number of halogens is 5. The Bertz CT molecular complexity index is 934. The van der Waals surface area contributed by atoms with E-state index in [1.165, 1.54) is 6.07 Å². The molecular weight excluding hydrogens is 484 g/mol. The monoisotopic (exact) mass is 492 g/mol. The quantitative estimate of drug-likeness (QED) is 0.180. The van der Waals surface area contributed by atoms with E-state index < -0.39 is 11.7 Å². The molecule has 3 rings (SSSR count). The summed E-state index contributed by atoms with van der Waals surface area (Å²) in [7, 11) is 0. The summed E-state index contributed by atoms with van der Waals surface area (Å²) < 4.78 is 40.1. The van der Waals surface area contributed by atoms with Gasteiger partial charge in [0, 0.05) is 9.13 Å². The fourth-order valence-corrected chi connectivity index (χ4v) is 3.40. The van der Waals surface area contributed by atoms with Gasteiger partial charge in [0.05, 0.1) is 10.9 Å². The number of rotatable bonds is 2. The number of fused-ring (bicyclic) bond motifs is 3. The molecule has 23 heavy (non-hydrogen) atoms. The van der Waals surface area contributed by atoms with Crippen molar-refractivity contribution in [1.82, 2.24) is 0 Å². The lowest BCUT2D eigenvalue weighted by Gasteiger charge is -2.13. The number of carbonyl (C=O) groups excluding carboxylic acids is 1. The molecule has 0 unspecified atom stereocenters. The predicted molar refractivity (Wildman–Crippen MR) is 97.3 cm³/mol. The summed E-state index contributed by atoms with van der Waals surface area (Å²) in [6, 6.07) is 10.8. The molecule has 1 nitrogen and oxygen atoms in total. The number of hydrogen-bond acceptors (Lipinski definition) is 1. The Hall–Kier alpha value is -1.15. The van der Waals surface area contributed by atoms with Crippen LogP contribution in [0.15, 0.2) is 42.5 Å². The molecule has 0 atom stereocenters. The third kappa shape index (κ3) is 3.10. The molecule has 3 aromatic carbocycles. The van der Waals surface area contributed by atoms with Crippen molar-refractivity contribution in [3.63, 3.8) is 0 Å². The fraction of sp³-hybridized carbons (Fsp3) is 0.118. The summed E-state index contributed by atoms with van der Waals surface area (Å²) >= 11 is 5.25. The first-order chi connectivity index (χ1) is 10.8. The van der Waals surface area contributed by atoms with Crippen LogP contribution in [0.4, 0.5) is 13.2 Å². The average molecular weight is 493 g/mol. The van der Waals surface area contributed by atoms with E-state index in [4.69, 9.17) is 0 Å². The minimum absolute atomic E-state index is 0.124. The molecular formula is C17H9BrF3IO. The third-order valence-corrected chi connectivity index (χ3v) is 4.84. The summed E-state index contributed by atoms with van der Waals surface area (Å²) in [4.78, 5) is 12.1. The molecule has 0 heterocycles. The maximum Gasteiger partial charge on any atom is 0.416 e. The van der Waals surface area contributed by atoms with Crippen molar-refractivity contribution in [2.75, 3.05) is 5.33 Å². The second-order valence-corrected chi connectivity index (χ2v) is 6.91. The highest BCUT2D eigenvalue weighted by Crippen LogP contribution is 2.36. The van der Waals surface area contributed by atoms with Crippen molar-refractivity contribution in [2.24, 2.45) is 0 Å². The summed E-state index contributed by atoms with van der Waals surface area (Å²) in [6.45, 7) is 0. The number of carbonyl (C=O) groups is 1. The zero-order valence-electron chi connectivity index (χ0n) is 11.5. The summed E-state index contributed by atoms with van der Waals surface area (Å²) in [5.74, 6) is -0.157. The van der Waals surface area contributed by atoms with Crippen LogP contribution >= 0.6 is 38.5 Å². The Morgan fingerprint density at radius 2 is 1.74 bits per heavy atom. The molecule has 0 saturated heterocycles. The van der Waals surface area contributed by atoms with Crippen LogP contribution in [0.2, 0.25) is 0 Å². The van der Waals surface area contributed by atoms with Gasteiger partial charge in [-0.05, 0) is 74.5 Å². The molecule has 0 amide bonds. The van der Waals surface area contributed by atoms with E-state index in [1.54, 1.807) is 6.07 Å². The van der Waals surface area contributed by atoms with Gasteiger partial charge in [0.2, 0.25) is 0 Å². The molecule has 0 radical (unpaired) electrons. The van der Waals surface area contributed by atoms with Gasteiger partial charge in [0.15, 0.2) is 5.78 Å². The van der Waals surface area contributed by atoms with Crippen molar-refractivity contribution < 1.29 is 18.0 Å².